The van der Waals surface area contributed by atoms with Crippen LogP contribution < -0.4 is 0 Å². The highest BCUT2D eigenvalue weighted by Crippen LogP contribution is 2.50. The molecule has 2 heterocycles. The van der Waals surface area contributed by atoms with E-state index in [2.05, 4.69) is 20.8 Å². The number of benzene rings is 2. The van der Waals surface area contributed by atoms with Crippen LogP contribution >= 0.6 is 0 Å². The number of fused-ring (bicyclic) bond motifs is 2. The van der Waals surface area contributed by atoms with Crippen molar-refractivity contribution in [3.63, 3.8) is 0 Å². The van der Waals surface area contributed by atoms with Crippen LogP contribution in [0.25, 0.3) is 27.5 Å². The van der Waals surface area contributed by atoms with E-state index in [0.29, 0.717) is 12.0 Å². The third-order valence-electron chi connectivity index (χ3n) is 7.42. The number of hydrogen-bond acceptors (Lipinski definition) is 4. The quantitative estimate of drug-likeness (QED) is 0.366. The van der Waals surface area contributed by atoms with Gasteiger partial charge in [0.15, 0.2) is 5.60 Å². The molecule has 1 unspecified atom stereocenters. The van der Waals surface area contributed by atoms with Gasteiger partial charge in [-0.2, -0.15) is 10.4 Å². The van der Waals surface area contributed by atoms with Crippen LogP contribution in [0, 0.1) is 24.1 Å². The molecule has 1 fully saturated rings. The molecule has 4 aromatic rings. The number of nitrogens with zero attached hydrogens (tertiary/aromatic N) is 3. The van der Waals surface area contributed by atoms with Gasteiger partial charge in [-0.1, -0.05) is 13.8 Å². The van der Waals surface area contributed by atoms with Crippen LogP contribution in [0.15, 0.2) is 36.5 Å². The van der Waals surface area contributed by atoms with Gasteiger partial charge < -0.3 is 14.8 Å². The van der Waals surface area contributed by atoms with Gasteiger partial charge in [0.25, 0.3) is 0 Å². The normalized spacial score (nSPS) is 20.5. The second kappa shape index (κ2) is 7.92. The Morgan fingerprint density at radius 3 is 2.80 bits per heavy atom. The van der Waals surface area contributed by atoms with Crippen molar-refractivity contribution in [3.8, 4) is 11.8 Å². The Kier molecular flexibility index (Phi) is 5.22. The van der Waals surface area contributed by atoms with Crippen molar-refractivity contribution in [3.05, 3.63) is 59.2 Å². The molecule has 3 N–H and O–H groups in total. The summed E-state index contributed by atoms with van der Waals surface area (Å²) in [6, 6.07) is 11.3. The number of nitriles is 1. The average molecular weight is 475 g/mol. The predicted molar refractivity (Wildman–Crippen MR) is 130 cm³/mol. The van der Waals surface area contributed by atoms with Crippen LogP contribution in [0.2, 0.25) is 0 Å². The molecule has 2 aromatic carbocycles. The van der Waals surface area contributed by atoms with E-state index >= 15 is 0 Å². The fourth-order valence-corrected chi connectivity index (χ4v) is 5.61. The van der Waals surface area contributed by atoms with E-state index < -0.39 is 17.0 Å². The molecule has 180 valence electrons. The van der Waals surface area contributed by atoms with Crippen LogP contribution in [0.3, 0.4) is 0 Å². The first kappa shape index (κ1) is 23.1. The molecular formula is C27H27FN4O3. The summed E-state index contributed by atoms with van der Waals surface area (Å²) in [6.45, 7) is 5.70. The standard InChI is InChI=1S/C27H27FN4O3/c1-15-10-18(4-5-20(15)28)32-22-11-17-14-30-31-21(17)12-19(22)23(24(32)26(2,3)8-9-29)16-6-7-27(35,13-16)25(33)34/h4-5,10-12,14,16,35H,6-8,13H2,1-3H3,(H,30,31)(H,33,34)/t16?,27-/m0/s1. The molecule has 0 radical (unpaired) electrons. The highest BCUT2D eigenvalue weighted by atomic mass is 19.1. The third-order valence-corrected chi connectivity index (χ3v) is 7.42. The van der Waals surface area contributed by atoms with Gasteiger partial charge >= 0.3 is 5.97 Å². The molecule has 2 atom stereocenters. The molecule has 0 bridgehead atoms. The van der Waals surface area contributed by atoms with Crippen molar-refractivity contribution < 1.29 is 19.4 Å². The monoisotopic (exact) mass is 474 g/mol. The Morgan fingerprint density at radius 1 is 1.37 bits per heavy atom. The van der Waals surface area contributed by atoms with Crippen molar-refractivity contribution in [2.75, 3.05) is 0 Å². The van der Waals surface area contributed by atoms with Crippen molar-refractivity contribution in [1.29, 1.82) is 5.26 Å². The van der Waals surface area contributed by atoms with Gasteiger partial charge in [0.05, 0.1) is 23.3 Å². The number of carbonyl (C=O) groups is 1. The number of H-pyrrole nitrogens is 1. The summed E-state index contributed by atoms with van der Waals surface area (Å²) in [5.74, 6) is -1.75. The van der Waals surface area contributed by atoms with E-state index in [1.165, 1.54) is 6.07 Å². The Morgan fingerprint density at radius 2 is 2.14 bits per heavy atom. The summed E-state index contributed by atoms with van der Waals surface area (Å²) in [7, 11) is 0. The fraction of sp³-hybridized carbons (Fsp3) is 0.370. The largest absolute Gasteiger partial charge is 0.479 e. The lowest BCUT2D eigenvalue weighted by Gasteiger charge is -2.28. The zero-order chi connectivity index (χ0) is 25.1. The SMILES string of the molecule is Cc1cc(-n2c(C(C)(C)CC#N)c(C3CC[C@@](O)(C(=O)O)C3)c3cc4[nH]ncc4cc32)ccc1F. The maximum atomic E-state index is 14.2. The Labute approximate surface area is 201 Å². The van der Waals surface area contributed by atoms with Crippen molar-refractivity contribution in [1.82, 2.24) is 14.8 Å². The van der Waals surface area contributed by atoms with Crippen molar-refractivity contribution in [2.24, 2.45) is 0 Å². The van der Waals surface area contributed by atoms with Gasteiger partial charge in [0.1, 0.15) is 5.82 Å². The first-order valence-electron chi connectivity index (χ1n) is 11.7. The molecule has 35 heavy (non-hydrogen) atoms. The zero-order valence-electron chi connectivity index (χ0n) is 19.9. The lowest BCUT2D eigenvalue weighted by Crippen LogP contribution is -2.35. The average Bonchev–Trinajstić information content (AvgIpc) is 3.50. The smallest absolute Gasteiger partial charge is 0.335 e. The molecule has 1 saturated carbocycles. The van der Waals surface area contributed by atoms with E-state index in [-0.39, 0.29) is 31.0 Å². The van der Waals surface area contributed by atoms with Gasteiger partial charge in [-0.05, 0) is 73.6 Å². The van der Waals surface area contributed by atoms with Crippen molar-refractivity contribution in [2.45, 2.75) is 63.4 Å². The Bertz CT molecular complexity index is 1530. The number of aryl methyl sites for hydroxylation is 1. The summed E-state index contributed by atoms with van der Waals surface area (Å²) < 4.78 is 16.3. The lowest BCUT2D eigenvalue weighted by molar-refractivity contribution is -0.157. The highest BCUT2D eigenvalue weighted by Gasteiger charge is 2.47. The molecule has 0 saturated heterocycles. The molecular weight excluding hydrogens is 447 g/mol. The van der Waals surface area contributed by atoms with Gasteiger partial charge in [0, 0.05) is 34.0 Å². The zero-order valence-corrected chi connectivity index (χ0v) is 19.9. The third kappa shape index (κ3) is 3.58. The summed E-state index contributed by atoms with van der Waals surface area (Å²) in [5, 5.41) is 39.1. The number of carboxylic acid groups (broad SMARTS) is 1. The van der Waals surface area contributed by atoms with Crippen LogP contribution in [0.1, 0.15) is 62.3 Å². The molecule has 5 rings (SSSR count). The fourth-order valence-electron chi connectivity index (χ4n) is 5.61. The summed E-state index contributed by atoms with van der Waals surface area (Å²) in [6.07, 6.45) is 2.70. The van der Waals surface area contributed by atoms with Gasteiger partial charge in [0.2, 0.25) is 0 Å². The first-order valence-corrected chi connectivity index (χ1v) is 11.7. The number of aromatic nitrogens is 3. The molecule has 0 amide bonds. The van der Waals surface area contributed by atoms with Crippen LogP contribution in [0.4, 0.5) is 4.39 Å². The topological polar surface area (TPSA) is 115 Å². The summed E-state index contributed by atoms with van der Waals surface area (Å²) >= 11 is 0. The van der Waals surface area contributed by atoms with E-state index in [1.807, 2.05) is 26.0 Å². The number of aromatic amines is 1. The molecule has 1 aliphatic rings. The predicted octanol–water partition coefficient (Wildman–Crippen LogP) is 5.23. The molecule has 0 aliphatic heterocycles. The molecule has 7 nitrogen and oxygen atoms in total. The molecule has 0 spiro atoms. The number of nitrogens with one attached hydrogen (secondary N) is 1. The maximum Gasteiger partial charge on any atom is 0.335 e. The lowest BCUT2D eigenvalue weighted by atomic mass is 9.79. The van der Waals surface area contributed by atoms with E-state index in [0.717, 1.165) is 38.8 Å². The van der Waals surface area contributed by atoms with E-state index in [1.54, 1.807) is 25.3 Å². The molecule has 1 aliphatic carbocycles. The number of aliphatic carboxylic acids is 1. The highest BCUT2D eigenvalue weighted by molar-refractivity contribution is 5.99. The molecule has 8 heteroatoms. The Balaban J connectivity index is 1.89. The van der Waals surface area contributed by atoms with Gasteiger partial charge in [-0.25, -0.2) is 9.18 Å². The van der Waals surface area contributed by atoms with E-state index in [9.17, 15) is 24.7 Å². The Hall–Kier alpha value is -3.70. The van der Waals surface area contributed by atoms with Crippen LogP contribution in [-0.4, -0.2) is 36.5 Å². The minimum atomic E-state index is -1.79. The number of halogens is 1. The minimum Gasteiger partial charge on any atom is -0.479 e. The summed E-state index contributed by atoms with van der Waals surface area (Å²) in [4.78, 5) is 11.8. The second-order valence-electron chi connectivity index (χ2n) is 10.4. The number of carboxylic acids is 1. The number of hydrogen-bond donors (Lipinski definition) is 3. The van der Waals surface area contributed by atoms with Crippen LogP contribution in [-0.2, 0) is 10.2 Å². The van der Waals surface area contributed by atoms with E-state index in [4.69, 9.17) is 0 Å². The number of rotatable bonds is 5. The van der Waals surface area contributed by atoms with Crippen molar-refractivity contribution >= 4 is 27.8 Å². The first-order chi connectivity index (χ1) is 16.6. The number of aliphatic hydroxyl groups is 1. The van der Waals surface area contributed by atoms with Crippen LogP contribution in [0.5, 0.6) is 0 Å². The van der Waals surface area contributed by atoms with Gasteiger partial charge in [-0.15, -0.1) is 0 Å². The maximum absolute atomic E-state index is 14.2. The summed E-state index contributed by atoms with van der Waals surface area (Å²) in [5.41, 5.74) is 2.36. The molecule has 2 aromatic heterocycles. The second-order valence-corrected chi connectivity index (χ2v) is 10.4. The van der Waals surface area contributed by atoms with Gasteiger partial charge in [-0.3, -0.25) is 5.10 Å². The minimum absolute atomic E-state index is 0.0839.